The quantitative estimate of drug-likeness (QED) is 0.367. The Kier molecular flexibility index (Phi) is 5.28. The average Bonchev–Trinajstić information content (AvgIpc) is 2.94. The molecule has 0 amide bonds. The van der Waals surface area contributed by atoms with E-state index in [0.717, 1.165) is 17.0 Å². The fourth-order valence-corrected chi connectivity index (χ4v) is 3.19. The van der Waals surface area contributed by atoms with Crippen LogP contribution in [0.5, 0.6) is 0 Å². The Balaban J connectivity index is 2.02. The molecule has 28 heavy (non-hydrogen) atoms. The Morgan fingerprint density at radius 3 is 2.61 bits per heavy atom. The molecule has 0 fully saturated rings. The highest BCUT2D eigenvalue weighted by atomic mass is 35.5. The first-order valence-electron chi connectivity index (χ1n) is 8.29. The van der Waals surface area contributed by atoms with Crippen molar-refractivity contribution < 1.29 is 14.8 Å². The van der Waals surface area contributed by atoms with Crippen LogP contribution in [-0.4, -0.2) is 26.8 Å². The second-order valence-electron chi connectivity index (χ2n) is 6.14. The minimum absolute atomic E-state index is 0.0485. The molecule has 0 spiro atoms. The summed E-state index contributed by atoms with van der Waals surface area (Å²) in [6.45, 7) is 3.73. The topological polar surface area (TPSA) is 97.7 Å². The van der Waals surface area contributed by atoms with E-state index in [-0.39, 0.29) is 16.3 Å². The van der Waals surface area contributed by atoms with E-state index in [0.29, 0.717) is 11.4 Å². The molecule has 3 rings (SSSR count). The lowest BCUT2D eigenvalue weighted by Gasteiger charge is -2.12. The first-order chi connectivity index (χ1) is 13.3. The molecule has 0 atom stereocenters. The van der Waals surface area contributed by atoms with Gasteiger partial charge in [0.1, 0.15) is 5.02 Å². The summed E-state index contributed by atoms with van der Waals surface area (Å²) in [5.41, 5.74) is 3.36. The van der Waals surface area contributed by atoms with Crippen LogP contribution in [0.2, 0.25) is 5.02 Å². The van der Waals surface area contributed by atoms with Crippen molar-refractivity contribution in [2.24, 2.45) is 4.99 Å². The highest BCUT2D eigenvalue weighted by Crippen LogP contribution is 2.29. The smallest absolute Gasteiger partial charge is 0.337 e. The third-order valence-electron chi connectivity index (χ3n) is 4.32. The summed E-state index contributed by atoms with van der Waals surface area (Å²) in [5.74, 6) is -1.01. The molecule has 0 saturated carbocycles. The average molecular weight is 398 g/mol. The van der Waals surface area contributed by atoms with E-state index in [2.05, 4.69) is 4.99 Å². The Morgan fingerprint density at radius 2 is 1.93 bits per heavy atom. The number of halogens is 1. The molecule has 1 aromatic heterocycles. The number of nitro benzene ring substituents is 1. The number of aromatic carboxylic acids is 1. The minimum Gasteiger partial charge on any atom is -0.478 e. The lowest BCUT2D eigenvalue weighted by molar-refractivity contribution is -0.384. The molecule has 0 aliphatic rings. The molecule has 2 aromatic carbocycles. The van der Waals surface area contributed by atoms with E-state index in [4.69, 9.17) is 11.6 Å². The van der Waals surface area contributed by atoms with Gasteiger partial charge in [0.05, 0.1) is 21.9 Å². The Bertz CT molecular complexity index is 1120. The molecule has 142 valence electrons. The number of aliphatic imine (C=N–C) groups is 1. The summed E-state index contributed by atoms with van der Waals surface area (Å²) in [7, 11) is 0. The molecule has 0 aliphatic heterocycles. The molecule has 0 bridgehead atoms. The van der Waals surface area contributed by atoms with E-state index in [1.165, 1.54) is 12.1 Å². The lowest BCUT2D eigenvalue weighted by Crippen LogP contribution is -2.07. The minimum atomic E-state index is -1.01. The third kappa shape index (κ3) is 3.65. The molecule has 1 heterocycles. The zero-order valence-electron chi connectivity index (χ0n) is 15.1. The number of nitrogens with zero attached hydrogens (tertiary/aromatic N) is 3. The van der Waals surface area contributed by atoms with Crippen LogP contribution in [0.3, 0.4) is 0 Å². The molecule has 0 aliphatic carbocycles. The molecule has 0 unspecified atom stereocenters. The fourth-order valence-electron chi connectivity index (χ4n) is 3.00. The van der Waals surface area contributed by atoms with Gasteiger partial charge in [-0.2, -0.15) is 0 Å². The van der Waals surface area contributed by atoms with Crippen LogP contribution in [0.15, 0.2) is 53.5 Å². The number of rotatable bonds is 5. The van der Waals surface area contributed by atoms with E-state index in [1.807, 2.05) is 24.5 Å². The van der Waals surface area contributed by atoms with Gasteiger partial charge in [-0.15, -0.1) is 0 Å². The van der Waals surface area contributed by atoms with Crippen LogP contribution in [0.1, 0.15) is 27.3 Å². The summed E-state index contributed by atoms with van der Waals surface area (Å²) in [6.07, 6.45) is 1.59. The van der Waals surface area contributed by atoms with Gasteiger partial charge in [0.2, 0.25) is 0 Å². The number of carboxylic acids is 1. The molecule has 8 heteroatoms. The Hall–Kier alpha value is -3.45. The van der Waals surface area contributed by atoms with Gasteiger partial charge in [0.25, 0.3) is 5.69 Å². The monoisotopic (exact) mass is 397 g/mol. The lowest BCUT2D eigenvalue weighted by atomic mass is 10.1. The zero-order chi connectivity index (χ0) is 20.4. The Labute approximate surface area is 165 Å². The van der Waals surface area contributed by atoms with Crippen LogP contribution >= 0.6 is 11.6 Å². The number of carboxylic acid groups (broad SMARTS) is 1. The molecule has 7 nitrogen and oxygen atoms in total. The van der Waals surface area contributed by atoms with Crippen LogP contribution in [0.4, 0.5) is 11.4 Å². The maximum atomic E-state index is 11.5. The number of carbonyl (C=O) groups is 1. The number of para-hydroxylation sites is 1. The van der Waals surface area contributed by atoms with Crippen LogP contribution in [0.25, 0.3) is 5.69 Å². The number of benzene rings is 2. The second-order valence-corrected chi connectivity index (χ2v) is 6.54. The SMILES string of the molecule is Cc1cc(C=Nc2ccc(Cl)c([N+](=O)[O-])c2)c(C)n1-c1ccccc1C(=O)O. The van der Waals surface area contributed by atoms with Gasteiger partial charge < -0.3 is 9.67 Å². The highest BCUT2D eigenvalue weighted by molar-refractivity contribution is 6.32. The van der Waals surface area contributed by atoms with Crippen molar-refractivity contribution in [3.63, 3.8) is 0 Å². The maximum absolute atomic E-state index is 11.5. The van der Waals surface area contributed by atoms with Gasteiger partial charge in [-0.3, -0.25) is 15.1 Å². The van der Waals surface area contributed by atoms with Gasteiger partial charge in [-0.05, 0) is 44.2 Å². The van der Waals surface area contributed by atoms with Crippen molar-refractivity contribution in [1.82, 2.24) is 4.57 Å². The number of nitro groups is 1. The van der Waals surface area contributed by atoms with E-state index < -0.39 is 10.9 Å². The summed E-state index contributed by atoms with van der Waals surface area (Å²) in [6, 6.07) is 12.9. The van der Waals surface area contributed by atoms with Crippen molar-refractivity contribution in [2.75, 3.05) is 0 Å². The summed E-state index contributed by atoms with van der Waals surface area (Å²) < 4.78 is 1.84. The number of hydrogen-bond donors (Lipinski definition) is 1. The molecule has 0 saturated heterocycles. The molecule has 0 radical (unpaired) electrons. The summed E-state index contributed by atoms with van der Waals surface area (Å²) >= 11 is 5.82. The van der Waals surface area contributed by atoms with Crippen LogP contribution in [0, 0.1) is 24.0 Å². The predicted molar refractivity (Wildman–Crippen MR) is 108 cm³/mol. The van der Waals surface area contributed by atoms with Gasteiger partial charge >= 0.3 is 5.97 Å². The Morgan fingerprint density at radius 1 is 1.21 bits per heavy atom. The second kappa shape index (κ2) is 7.66. The van der Waals surface area contributed by atoms with Gasteiger partial charge in [-0.1, -0.05) is 23.7 Å². The first-order valence-corrected chi connectivity index (χ1v) is 8.67. The number of hydrogen-bond acceptors (Lipinski definition) is 4. The highest BCUT2D eigenvalue weighted by Gasteiger charge is 2.16. The van der Waals surface area contributed by atoms with Crippen LogP contribution in [-0.2, 0) is 0 Å². The maximum Gasteiger partial charge on any atom is 0.337 e. The molecular formula is C20H16ClN3O4. The zero-order valence-corrected chi connectivity index (χ0v) is 15.8. The van der Waals surface area contributed by atoms with Crippen molar-refractivity contribution in [3.8, 4) is 5.69 Å². The van der Waals surface area contributed by atoms with Gasteiger partial charge in [-0.25, -0.2) is 4.79 Å². The largest absolute Gasteiger partial charge is 0.478 e. The van der Waals surface area contributed by atoms with E-state index >= 15 is 0 Å². The van der Waals surface area contributed by atoms with Gasteiger partial charge in [0.15, 0.2) is 0 Å². The van der Waals surface area contributed by atoms with Crippen molar-refractivity contribution in [3.05, 3.63) is 86.2 Å². The number of aryl methyl sites for hydroxylation is 1. The fraction of sp³-hybridized carbons (Fsp3) is 0.100. The molecular weight excluding hydrogens is 382 g/mol. The van der Waals surface area contributed by atoms with Crippen LogP contribution < -0.4 is 0 Å². The summed E-state index contributed by atoms with van der Waals surface area (Å²) in [4.78, 5) is 26.3. The van der Waals surface area contributed by atoms with E-state index in [1.54, 1.807) is 36.5 Å². The normalized spacial score (nSPS) is 11.1. The third-order valence-corrected chi connectivity index (χ3v) is 4.64. The van der Waals surface area contributed by atoms with Gasteiger partial charge in [0, 0.05) is 29.2 Å². The molecule has 3 aromatic rings. The standard InChI is InChI=1S/C20H16ClN3O4/c1-12-9-14(11-22-15-7-8-17(21)19(10-15)24(27)28)13(2)23(12)18-6-4-3-5-16(18)20(25)26/h3-11H,1-2H3,(H,25,26). The van der Waals surface area contributed by atoms with Crippen molar-refractivity contribution in [1.29, 1.82) is 0 Å². The predicted octanol–water partition coefficient (Wildman–Crippen LogP) is 5.10. The molecule has 1 N–H and O–H groups in total. The number of aromatic nitrogens is 1. The van der Waals surface area contributed by atoms with E-state index in [9.17, 15) is 20.0 Å². The van der Waals surface area contributed by atoms with Crippen molar-refractivity contribution >= 4 is 35.2 Å². The van der Waals surface area contributed by atoms with Crippen molar-refractivity contribution in [2.45, 2.75) is 13.8 Å². The first kappa shape index (κ1) is 19.3. The summed E-state index contributed by atoms with van der Waals surface area (Å²) in [5, 5.41) is 20.5.